The smallest absolute Gasteiger partial charge is 0.127 e. The van der Waals surface area contributed by atoms with Crippen molar-refractivity contribution in [1.82, 2.24) is 9.55 Å². The monoisotopic (exact) mass is 293 g/mol. The van der Waals surface area contributed by atoms with Gasteiger partial charge >= 0.3 is 0 Å². The fourth-order valence-electron chi connectivity index (χ4n) is 2.74. The third-order valence-electron chi connectivity index (χ3n) is 4.13. The zero-order chi connectivity index (χ0) is 15.7. The van der Waals surface area contributed by atoms with Gasteiger partial charge in [0.2, 0.25) is 0 Å². The van der Waals surface area contributed by atoms with Crippen molar-refractivity contribution in [2.75, 3.05) is 0 Å². The summed E-state index contributed by atoms with van der Waals surface area (Å²) in [7, 11) is 0. The van der Waals surface area contributed by atoms with Crippen LogP contribution in [0.5, 0.6) is 0 Å². The maximum atomic E-state index is 6.41. The molecule has 2 aromatic carbocycles. The summed E-state index contributed by atoms with van der Waals surface area (Å²) in [6, 6.07) is 16.8. The molecule has 3 aromatic rings. The highest BCUT2D eigenvalue weighted by Gasteiger charge is 2.19. The van der Waals surface area contributed by atoms with E-state index < -0.39 is 0 Å². The summed E-state index contributed by atoms with van der Waals surface area (Å²) in [5, 5.41) is 0. The van der Waals surface area contributed by atoms with Crippen LogP contribution in [0, 0.1) is 12.8 Å². The van der Waals surface area contributed by atoms with Crippen molar-refractivity contribution in [3.8, 4) is 0 Å². The fourth-order valence-corrected chi connectivity index (χ4v) is 2.74. The number of hydrogen-bond acceptors (Lipinski definition) is 2. The molecule has 0 amide bonds. The molecule has 1 aromatic heterocycles. The molecule has 3 nitrogen and oxygen atoms in total. The third kappa shape index (κ3) is 2.77. The van der Waals surface area contributed by atoms with E-state index in [-0.39, 0.29) is 6.04 Å². The van der Waals surface area contributed by atoms with Crippen LogP contribution < -0.4 is 5.73 Å². The highest BCUT2D eigenvalue weighted by atomic mass is 15.1. The van der Waals surface area contributed by atoms with E-state index in [0.717, 1.165) is 23.4 Å². The van der Waals surface area contributed by atoms with Gasteiger partial charge in [-0.3, -0.25) is 0 Å². The van der Waals surface area contributed by atoms with Crippen LogP contribution in [0.15, 0.2) is 48.5 Å². The number of aromatic nitrogens is 2. The van der Waals surface area contributed by atoms with Gasteiger partial charge < -0.3 is 10.3 Å². The maximum Gasteiger partial charge on any atom is 0.127 e. The minimum Gasteiger partial charge on any atom is -0.322 e. The zero-order valence-electron chi connectivity index (χ0n) is 13.5. The Balaban J connectivity index is 2.14. The molecular weight excluding hydrogens is 270 g/mol. The molecule has 0 saturated carbocycles. The van der Waals surface area contributed by atoms with Gasteiger partial charge in [-0.1, -0.05) is 50.2 Å². The van der Waals surface area contributed by atoms with Gasteiger partial charge in [0.05, 0.1) is 17.1 Å². The predicted molar refractivity (Wildman–Crippen MR) is 91.8 cm³/mol. The van der Waals surface area contributed by atoms with Crippen LogP contribution in [0.4, 0.5) is 0 Å². The van der Waals surface area contributed by atoms with Crippen LogP contribution in [0.1, 0.15) is 36.8 Å². The van der Waals surface area contributed by atoms with E-state index in [1.54, 1.807) is 0 Å². The van der Waals surface area contributed by atoms with E-state index in [4.69, 9.17) is 10.7 Å². The number of aryl methyl sites for hydroxylation is 1. The molecule has 0 spiro atoms. The minimum absolute atomic E-state index is 0.0589. The molecule has 1 atom stereocenters. The van der Waals surface area contributed by atoms with Crippen molar-refractivity contribution in [2.45, 2.75) is 33.4 Å². The Bertz CT molecular complexity index is 772. The second-order valence-corrected chi connectivity index (χ2v) is 6.30. The lowest BCUT2D eigenvalue weighted by Gasteiger charge is -2.17. The number of hydrogen-bond donors (Lipinski definition) is 1. The van der Waals surface area contributed by atoms with Crippen LogP contribution in [-0.2, 0) is 6.54 Å². The van der Waals surface area contributed by atoms with Crippen LogP contribution in [-0.4, -0.2) is 9.55 Å². The van der Waals surface area contributed by atoms with Crippen LogP contribution in [0.25, 0.3) is 11.0 Å². The van der Waals surface area contributed by atoms with Crippen molar-refractivity contribution < 1.29 is 0 Å². The molecular formula is C19H23N3. The standard InChI is InChI=1S/C19H23N3/c1-13(2)18(20)19-21-16-11-14(3)9-10-17(16)22(19)12-15-7-5-4-6-8-15/h4-11,13,18H,12,20H2,1-3H3/t18-/m1/s1. The number of benzene rings is 2. The molecule has 0 aliphatic rings. The van der Waals surface area contributed by atoms with Crippen molar-refractivity contribution in [3.05, 3.63) is 65.5 Å². The third-order valence-corrected chi connectivity index (χ3v) is 4.13. The Morgan fingerprint density at radius 2 is 1.82 bits per heavy atom. The average molecular weight is 293 g/mol. The molecule has 3 rings (SSSR count). The van der Waals surface area contributed by atoms with E-state index in [1.807, 2.05) is 6.07 Å². The fraction of sp³-hybridized carbons (Fsp3) is 0.316. The van der Waals surface area contributed by atoms with Crippen molar-refractivity contribution in [1.29, 1.82) is 0 Å². The van der Waals surface area contributed by atoms with Crippen LogP contribution in [0.2, 0.25) is 0 Å². The first kappa shape index (κ1) is 14.8. The number of fused-ring (bicyclic) bond motifs is 1. The van der Waals surface area contributed by atoms with E-state index in [2.05, 4.69) is 67.8 Å². The van der Waals surface area contributed by atoms with E-state index in [0.29, 0.717) is 5.92 Å². The zero-order valence-corrected chi connectivity index (χ0v) is 13.5. The Kier molecular flexibility index (Phi) is 3.99. The van der Waals surface area contributed by atoms with Gasteiger partial charge in [-0.2, -0.15) is 0 Å². The van der Waals surface area contributed by atoms with Gasteiger partial charge in [0.15, 0.2) is 0 Å². The highest BCUT2D eigenvalue weighted by molar-refractivity contribution is 5.77. The van der Waals surface area contributed by atoms with E-state index in [9.17, 15) is 0 Å². The lowest BCUT2D eigenvalue weighted by atomic mass is 10.0. The molecule has 22 heavy (non-hydrogen) atoms. The minimum atomic E-state index is -0.0589. The van der Waals surface area contributed by atoms with Crippen molar-refractivity contribution in [3.63, 3.8) is 0 Å². The summed E-state index contributed by atoms with van der Waals surface area (Å²) in [5.41, 5.74) is 11.1. The molecule has 0 radical (unpaired) electrons. The summed E-state index contributed by atoms with van der Waals surface area (Å²) in [6.45, 7) is 7.18. The molecule has 0 saturated heterocycles. The Hall–Kier alpha value is -2.13. The largest absolute Gasteiger partial charge is 0.322 e. The SMILES string of the molecule is Cc1ccc2c(c1)nc([C@H](N)C(C)C)n2Cc1ccccc1. The highest BCUT2D eigenvalue weighted by Crippen LogP contribution is 2.25. The van der Waals surface area contributed by atoms with Gasteiger partial charge in [-0.15, -0.1) is 0 Å². The summed E-state index contributed by atoms with van der Waals surface area (Å²) >= 11 is 0. The summed E-state index contributed by atoms with van der Waals surface area (Å²) in [5.74, 6) is 1.33. The Morgan fingerprint density at radius 1 is 1.09 bits per heavy atom. The van der Waals surface area contributed by atoms with Crippen molar-refractivity contribution in [2.24, 2.45) is 11.7 Å². The number of nitrogens with zero attached hydrogens (tertiary/aromatic N) is 2. The number of nitrogens with two attached hydrogens (primary N) is 1. The molecule has 0 fully saturated rings. The molecule has 2 N–H and O–H groups in total. The first-order valence-electron chi connectivity index (χ1n) is 7.82. The predicted octanol–water partition coefficient (Wildman–Crippen LogP) is 4.05. The first-order chi connectivity index (χ1) is 10.6. The van der Waals surface area contributed by atoms with Gasteiger partial charge in [0.25, 0.3) is 0 Å². The van der Waals surface area contributed by atoms with E-state index in [1.165, 1.54) is 11.1 Å². The van der Waals surface area contributed by atoms with Crippen LogP contribution >= 0.6 is 0 Å². The Morgan fingerprint density at radius 3 is 2.50 bits per heavy atom. The summed E-state index contributed by atoms with van der Waals surface area (Å²) < 4.78 is 2.26. The summed E-state index contributed by atoms with van der Waals surface area (Å²) in [4.78, 5) is 4.83. The number of imidazole rings is 1. The molecule has 0 bridgehead atoms. The van der Waals surface area contributed by atoms with Crippen LogP contribution in [0.3, 0.4) is 0 Å². The van der Waals surface area contributed by atoms with Gasteiger partial charge in [0, 0.05) is 6.54 Å². The molecule has 1 heterocycles. The number of rotatable bonds is 4. The average Bonchev–Trinajstić information content (AvgIpc) is 2.85. The summed E-state index contributed by atoms with van der Waals surface area (Å²) in [6.07, 6.45) is 0. The second kappa shape index (κ2) is 5.93. The molecule has 0 aliphatic carbocycles. The van der Waals surface area contributed by atoms with E-state index >= 15 is 0 Å². The molecule has 0 aliphatic heterocycles. The topological polar surface area (TPSA) is 43.8 Å². The Labute approximate surface area is 131 Å². The van der Waals surface area contributed by atoms with Crippen molar-refractivity contribution >= 4 is 11.0 Å². The molecule has 114 valence electrons. The second-order valence-electron chi connectivity index (χ2n) is 6.30. The lowest BCUT2D eigenvalue weighted by molar-refractivity contribution is 0.475. The van der Waals surface area contributed by atoms with Gasteiger partial charge in [-0.05, 0) is 36.1 Å². The maximum absolute atomic E-state index is 6.41. The van der Waals surface area contributed by atoms with Gasteiger partial charge in [-0.25, -0.2) is 4.98 Å². The molecule has 0 unspecified atom stereocenters. The quantitative estimate of drug-likeness (QED) is 0.788. The normalized spacial score (nSPS) is 13.0. The first-order valence-corrected chi connectivity index (χ1v) is 7.82. The lowest BCUT2D eigenvalue weighted by Crippen LogP contribution is -2.22. The van der Waals surface area contributed by atoms with Gasteiger partial charge in [0.1, 0.15) is 5.82 Å². The molecule has 3 heteroatoms.